The van der Waals surface area contributed by atoms with Gasteiger partial charge < -0.3 is 10.6 Å². The number of halogens is 1. The van der Waals surface area contributed by atoms with Crippen LogP contribution in [0.1, 0.15) is 23.8 Å². The number of amides is 1. The number of anilines is 2. The zero-order chi connectivity index (χ0) is 14.4. The second-order valence-electron chi connectivity index (χ2n) is 4.32. The normalized spacial score (nSPS) is 10.1. The summed E-state index contributed by atoms with van der Waals surface area (Å²) in [6, 6.07) is 10.5. The summed E-state index contributed by atoms with van der Waals surface area (Å²) in [5.41, 5.74) is 1.96. The van der Waals surface area contributed by atoms with Crippen molar-refractivity contribution in [2.45, 2.75) is 13.3 Å². The average molecular weight is 290 g/mol. The fourth-order valence-corrected chi connectivity index (χ4v) is 1.79. The number of carbonyl (C=O) groups excluding carboxylic acids is 1. The third-order valence-corrected chi connectivity index (χ3v) is 2.93. The fourth-order valence-electron chi connectivity index (χ4n) is 1.66. The van der Waals surface area contributed by atoms with Crippen molar-refractivity contribution in [3.05, 3.63) is 53.3 Å². The largest absolute Gasteiger partial charge is 0.385 e. The van der Waals surface area contributed by atoms with Crippen molar-refractivity contribution >= 4 is 28.9 Å². The predicted octanol–water partition coefficient (Wildman–Crippen LogP) is 3.81. The van der Waals surface area contributed by atoms with E-state index in [0.29, 0.717) is 16.4 Å². The van der Waals surface area contributed by atoms with Crippen molar-refractivity contribution in [2.75, 3.05) is 17.2 Å². The molecular formula is C15H16ClN3O. The fraction of sp³-hybridized carbons (Fsp3) is 0.200. The molecule has 0 saturated carbocycles. The summed E-state index contributed by atoms with van der Waals surface area (Å²) < 4.78 is 0. The minimum Gasteiger partial charge on any atom is -0.385 e. The smallest absolute Gasteiger partial charge is 0.274 e. The molecule has 1 aromatic heterocycles. The number of pyridine rings is 1. The molecule has 0 atom stereocenters. The molecule has 2 rings (SSSR count). The van der Waals surface area contributed by atoms with Gasteiger partial charge in [0.05, 0.1) is 0 Å². The summed E-state index contributed by atoms with van der Waals surface area (Å²) >= 11 is 5.80. The lowest BCUT2D eigenvalue weighted by atomic mass is 10.2. The molecule has 0 saturated heterocycles. The summed E-state index contributed by atoms with van der Waals surface area (Å²) in [5, 5.41) is 6.64. The first kappa shape index (κ1) is 14.3. The second-order valence-corrected chi connectivity index (χ2v) is 4.75. The van der Waals surface area contributed by atoms with Gasteiger partial charge in [-0.05, 0) is 42.8 Å². The van der Waals surface area contributed by atoms with Crippen LogP contribution in [0.15, 0.2) is 42.6 Å². The molecular weight excluding hydrogens is 274 g/mol. The predicted molar refractivity (Wildman–Crippen MR) is 82.4 cm³/mol. The number of hydrogen-bond acceptors (Lipinski definition) is 3. The number of rotatable bonds is 5. The summed E-state index contributed by atoms with van der Waals surface area (Å²) in [7, 11) is 0. The SMILES string of the molecule is CCCNc1ccnc(C(=O)Nc2ccc(Cl)cc2)c1. The molecule has 4 nitrogen and oxygen atoms in total. The molecule has 0 aliphatic carbocycles. The Labute approximate surface area is 123 Å². The van der Waals surface area contributed by atoms with Gasteiger partial charge in [0.25, 0.3) is 5.91 Å². The van der Waals surface area contributed by atoms with Crippen LogP contribution >= 0.6 is 11.6 Å². The highest BCUT2D eigenvalue weighted by atomic mass is 35.5. The van der Waals surface area contributed by atoms with Gasteiger partial charge >= 0.3 is 0 Å². The number of hydrogen-bond donors (Lipinski definition) is 2. The molecule has 2 aromatic rings. The third kappa shape index (κ3) is 3.96. The van der Waals surface area contributed by atoms with Gasteiger partial charge in [0.1, 0.15) is 5.69 Å². The molecule has 0 aliphatic rings. The van der Waals surface area contributed by atoms with E-state index in [-0.39, 0.29) is 5.91 Å². The number of benzene rings is 1. The second kappa shape index (κ2) is 6.91. The minimum absolute atomic E-state index is 0.243. The Kier molecular flexibility index (Phi) is 4.96. The Balaban J connectivity index is 2.06. The topological polar surface area (TPSA) is 54.0 Å². The van der Waals surface area contributed by atoms with Crippen LogP contribution in [-0.2, 0) is 0 Å². The molecule has 20 heavy (non-hydrogen) atoms. The highest BCUT2D eigenvalue weighted by Gasteiger charge is 2.08. The molecule has 5 heteroatoms. The molecule has 0 fully saturated rings. The molecule has 1 heterocycles. The Morgan fingerprint density at radius 1 is 1.20 bits per heavy atom. The van der Waals surface area contributed by atoms with Gasteiger partial charge in [-0.25, -0.2) is 0 Å². The maximum absolute atomic E-state index is 12.1. The summed E-state index contributed by atoms with van der Waals surface area (Å²) in [5.74, 6) is -0.243. The van der Waals surface area contributed by atoms with Crippen LogP contribution in [0.3, 0.4) is 0 Å². The number of nitrogens with zero attached hydrogens (tertiary/aromatic N) is 1. The summed E-state index contributed by atoms with van der Waals surface area (Å²) in [6.07, 6.45) is 2.64. The maximum Gasteiger partial charge on any atom is 0.274 e. The van der Waals surface area contributed by atoms with E-state index in [2.05, 4.69) is 22.5 Å². The molecule has 1 amide bonds. The van der Waals surface area contributed by atoms with E-state index in [1.807, 2.05) is 6.07 Å². The summed E-state index contributed by atoms with van der Waals surface area (Å²) in [4.78, 5) is 16.2. The monoisotopic (exact) mass is 289 g/mol. The van der Waals surface area contributed by atoms with Crippen molar-refractivity contribution in [3.63, 3.8) is 0 Å². The van der Waals surface area contributed by atoms with Gasteiger partial charge in [-0.3, -0.25) is 9.78 Å². The van der Waals surface area contributed by atoms with Gasteiger partial charge in [-0.15, -0.1) is 0 Å². The quantitative estimate of drug-likeness (QED) is 0.880. The van der Waals surface area contributed by atoms with E-state index < -0.39 is 0 Å². The highest BCUT2D eigenvalue weighted by molar-refractivity contribution is 6.30. The lowest BCUT2D eigenvalue weighted by molar-refractivity contribution is 0.102. The van der Waals surface area contributed by atoms with E-state index >= 15 is 0 Å². The van der Waals surface area contributed by atoms with Gasteiger partial charge in [-0.1, -0.05) is 18.5 Å². The highest BCUT2D eigenvalue weighted by Crippen LogP contribution is 2.15. The first-order chi connectivity index (χ1) is 9.69. The molecule has 1 aromatic carbocycles. The minimum atomic E-state index is -0.243. The maximum atomic E-state index is 12.1. The molecule has 0 bridgehead atoms. The van der Waals surface area contributed by atoms with Crippen molar-refractivity contribution < 1.29 is 4.79 Å². The van der Waals surface area contributed by atoms with Crippen molar-refractivity contribution in [3.8, 4) is 0 Å². The number of nitrogens with one attached hydrogen (secondary N) is 2. The molecule has 0 aliphatic heterocycles. The first-order valence-electron chi connectivity index (χ1n) is 6.46. The molecule has 0 unspecified atom stereocenters. The van der Waals surface area contributed by atoms with Gasteiger partial charge in [0, 0.05) is 29.1 Å². The van der Waals surface area contributed by atoms with E-state index in [9.17, 15) is 4.79 Å². The standard InChI is InChI=1S/C15H16ClN3O/c1-2-8-17-13-7-9-18-14(10-13)15(20)19-12-5-3-11(16)4-6-12/h3-7,9-10H,2,8H2,1H3,(H,17,18)(H,19,20). The van der Waals surface area contributed by atoms with Gasteiger partial charge in [-0.2, -0.15) is 0 Å². The van der Waals surface area contributed by atoms with Crippen LogP contribution in [0.5, 0.6) is 0 Å². The average Bonchev–Trinajstić information content (AvgIpc) is 2.48. The van der Waals surface area contributed by atoms with E-state index in [1.54, 1.807) is 36.5 Å². The molecule has 104 valence electrons. The Bertz CT molecular complexity index is 584. The molecule has 0 spiro atoms. The Hall–Kier alpha value is -2.07. The first-order valence-corrected chi connectivity index (χ1v) is 6.83. The zero-order valence-corrected chi connectivity index (χ0v) is 11.9. The van der Waals surface area contributed by atoms with Crippen molar-refractivity contribution in [2.24, 2.45) is 0 Å². The van der Waals surface area contributed by atoms with Gasteiger partial charge in [0.2, 0.25) is 0 Å². The third-order valence-electron chi connectivity index (χ3n) is 2.67. The van der Waals surface area contributed by atoms with Crippen molar-refractivity contribution in [1.29, 1.82) is 0 Å². The zero-order valence-electron chi connectivity index (χ0n) is 11.2. The lowest BCUT2D eigenvalue weighted by Crippen LogP contribution is -2.14. The van der Waals surface area contributed by atoms with Gasteiger partial charge in [0.15, 0.2) is 0 Å². The van der Waals surface area contributed by atoms with Crippen LogP contribution in [-0.4, -0.2) is 17.4 Å². The number of carbonyl (C=O) groups is 1. The Morgan fingerprint density at radius 2 is 1.95 bits per heavy atom. The van der Waals surface area contributed by atoms with Crippen LogP contribution in [0, 0.1) is 0 Å². The molecule has 0 radical (unpaired) electrons. The molecule has 2 N–H and O–H groups in total. The van der Waals surface area contributed by atoms with Crippen LogP contribution in [0.25, 0.3) is 0 Å². The lowest BCUT2D eigenvalue weighted by Gasteiger charge is -2.07. The van der Waals surface area contributed by atoms with Crippen LogP contribution in [0.4, 0.5) is 11.4 Å². The summed E-state index contributed by atoms with van der Waals surface area (Å²) in [6.45, 7) is 2.95. The van der Waals surface area contributed by atoms with E-state index in [0.717, 1.165) is 18.7 Å². The van der Waals surface area contributed by atoms with E-state index in [1.165, 1.54) is 0 Å². The van der Waals surface area contributed by atoms with E-state index in [4.69, 9.17) is 11.6 Å². The van der Waals surface area contributed by atoms with Crippen LogP contribution < -0.4 is 10.6 Å². The van der Waals surface area contributed by atoms with Crippen molar-refractivity contribution in [1.82, 2.24) is 4.98 Å². The Morgan fingerprint density at radius 3 is 2.65 bits per heavy atom. The number of aromatic nitrogens is 1. The van der Waals surface area contributed by atoms with Crippen LogP contribution in [0.2, 0.25) is 5.02 Å².